The third kappa shape index (κ3) is 2.04. The molecular weight excluding hydrogens is 306 g/mol. The number of phenols is 4. The van der Waals surface area contributed by atoms with Gasteiger partial charge in [-0.15, -0.1) is 0 Å². The lowest BCUT2D eigenvalue weighted by Gasteiger charge is -2.09. The zero-order valence-corrected chi connectivity index (χ0v) is 11.4. The summed E-state index contributed by atoms with van der Waals surface area (Å²) >= 11 is 0. The molecule has 23 heavy (non-hydrogen) atoms. The summed E-state index contributed by atoms with van der Waals surface area (Å²) in [6.07, 6.45) is 0. The van der Waals surface area contributed by atoms with Crippen LogP contribution in [0, 0.1) is 0 Å². The molecule has 0 bridgehead atoms. The van der Waals surface area contributed by atoms with E-state index < -0.39 is 34.1 Å². The van der Waals surface area contributed by atoms with Crippen molar-refractivity contribution < 1.29 is 29.9 Å². The third-order valence-corrected chi connectivity index (χ3v) is 3.39. The van der Waals surface area contributed by atoms with Gasteiger partial charge in [-0.05, 0) is 18.2 Å². The van der Waals surface area contributed by atoms with Crippen molar-refractivity contribution in [1.82, 2.24) is 0 Å². The first kappa shape index (κ1) is 14.4. The maximum atomic E-state index is 12.2. The van der Waals surface area contributed by atoms with E-state index in [2.05, 4.69) is 0 Å². The van der Waals surface area contributed by atoms with Gasteiger partial charge in [-0.25, -0.2) is 0 Å². The van der Waals surface area contributed by atoms with E-state index in [0.717, 1.165) is 18.2 Å². The van der Waals surface area contributed by atoms with Crippen LogP contribution in [0.5, 0.6) is 28.7 Å². The number of phenolic OH excluding ortho intramolecular Hbond substituents is 4. The summed E-state index contributed by atoms with van der Waals surface area (Å²) in [5.74, 6) is -3.19. The van der Waals surface area contributed by atoms with Crippen LogP contribution in [-0.2, 0) is 0 Å². The normalized spacial score (nSPS) is 11.0. The van der Waals surface area contributed by atoms with Gasteiger partial charge in [0.15, 0.2) is 23.0 Å². The molecule has 0 aliphatic carbocycles. The summed E-state index contributed by atoms with van der Waals surface area (Å²) in [6, 6.07) is 4.55. The van der Waals surface area contributed by atoms with Crippen LogP contribution in [0.4, 0.5) is 5.69 Å². The fraction of sp³-hybridized carbons (Fsp3) is 0. The Kier molecular flexibility index (Phi) is 2.96. The summed E-state index contributed by atoms with van der Waals surface area (Å²) in [5, 5.41) is 47.9. The van der Waals surface area contributed by atoms with E-state index in [1.54, 1.807) is 0 Å². The molecule has 2 aromatic carbocycles. The lowest BCUT2D eigenvalue weighted by atomic mass is 10.1. The van der Waals surface area contributed by atoms with E-state index in [0.29, 0.717) is 0 Å². The Labute approximate surface area is 127 Å². The molecule has 0 saturated heterocycles. The molecule has 118 valence electrons. The van der Waals surface area contributed by atoms with Gasteiger partial charge >= 0.3 is 0 Å². The van der Waals surface area contributed by atoms with Gasteiger partial charge in [0.1, 0.15) is 22.4 Å². The summed E-state index contributed by atoms with van der Waals surface area (Å²) in [4.78, 5) is 12.2. The van der Waals surface area contributed by atoms with Crippen molar-refractivity contribution in [3.8, 4) is 40.1 Å². The first-order chi connectivity index (χ1) is 10.8. The molecule has 8 heteroatoms. The van der Waals surface area contributed by atoms with Gasteiger partial charge in [0.05, 0.1) is 0 Å². The topological polar surface area (TPSA) is 157 Å². The molecule has 3 rings (SSSR count). The maximum absolute atomic E-state index is 12.2. The molecule has 0 aliphatic heterocycles. The highest BCUT2D eigenvalue weighted by atomic mass is 16.4. The summed E-state index contributed by atoms with van der Waals surface area (Å²) in [7, 11) is 0. The molecule has 0 amide bonds. The highest BCUT2D eigenvalue weighted by molar-refractivity contribution is 5.93. The minimum absolute atomic E-state index is 0.104. The molecule has 0 spiro atoms. The van der Waals surface area contributed by atoms with Crippen LogP contribution in [0.25, 0.3) is 22.3 Å². The summed E-state index contributed by atoms with van der Waals surface area (Å²) < 4.78 is 5.35. The van der Waals surface area contributed by atoms with Crippen molar-refractivity contribution >= 4 is 16.7 Å². The molecule has 0 aliphatic rings. The molecule has 0 atom stereocenters. The number of nitrogen functional groups attached to an aromatic ring is 1. The number of hydrogen-bond donors (Lipinski definition) is 6. The van der Waals surface area contributed by atoms with Gasteiger partial charge < -0.3 is 35.7 Å². The standard InChI is InChI=1S/C15H11NO7/c16-11-8(19)4-9-10(12(11)20)13(21)14(22)15(23-9)5-1-2-6(17)7(18)3-5/h1-4,17-20,22H,16H2. The smallest absolute Gasteiger partial charge is 0.238 e. The molecular formula is C15H11NO7. The molecule has 1 heterocycles. The minimum atomic E-state index is -0.960. The van der Waals surface area contributed by atoms with Crippen LogP contribution in [0.15, 0.2) is 33.5 Å². The lowest BCUT2D eigenvalue weighted by molar-refractivity contribution is 0.403. The average Bonchev–Trinajstić information content (AvgIpc) is 2.51. The Morgan fingerprint density at radius 2 is 1.57 bits per heavy atom. The van der Waals surface area contributed by atoms with E-state index in [9.17, 15) is 30.3 Å². The van der Waals surface area contributed by atoms with Crippen LogP contribution in [0.3, 0.4) is 0 Å². The Hall–Kier alpha value is -3.55. The van der Waals surface area contributed by atoms with Crippen LogP contribution < -0.4 is 11.2 Å². The number of fused-ring (bicyclic) bond motifs is 1. The number of benzene rings is 2. The molecule has 8 nitrogen and oxygen atoms in total. The second kappa shape index (κ2) is 4.73. The van der Waals surface area contributed by atoms with Gasteiger partial charge in [0.2, 0.25) is 11.2 Å². The predicted octanol–water partition coefficient (Wildman–Crippen LogP) is 1.57. The van der Waals surface area contributed by atoms with E-state index in [1.807, 2.05) is 0 Å². The quantitative estimate of drug-likeness (QED) is 0.291. The molecule has 0 unspecified atom stereocenters. The first-order valence-corrected chi connectivity index (χ1v) is 6.33. The SMILES string of the molecule is Nc1c(O)cc2oc(-c3ccc(O)c(O)c3)c(O)c(=O)c2c1O. The Balaban J connectivity index is 2.40. The Morgan fingerprint density at radius 3 is 2.22 bits per heavy atom. The van der Waals surface area contributed by atoms with Gasteiger partial charge in [-0.3, -0.25) is 4.79 Å². The van der Waals surface area contributed by atoms with Gasteiger partial charge in [0, 0.05) is 11.6 Å². The van der Waals surface area contributed by atoms with E-state index in [4.69, 9.17) is 10.2 Å². The van der Waals surface area contributed by atoms with E-state index in [-0.39, 0.29) is 28.0 Å². The Morgan fingerprint density at radius 1 is 0.870 bits per heavy atom. The van der Waals surface area contributed by atoms with Crippen LogP contribution in [0.2, 0.25) is 0 Å². The fourth-order valence-electron chi connectivity index (χ4n) is 2.19. The Bertz CT molecular complexity index is 1010. The zero-order valence-electron chi connectivity index (χ0n) is 11.4. The van der Waals surface area contributed by atoms with Crippen molar-refractivity contribution in [2.24, 2.45) is 0 Å². The second-order valence-corrected chi connectivity index (χ2v) is 4.84. The predicted molar refractivity (Wildman–Crippen MR) is 80.7 cm³/mol. The minimum Gasteiger partial charge on any atom is -0.506 e. The largest absolute Gasteiger partial charge is 0.506 e. The van der Waals surface area contributed by atoms with E-state index >= 15 is 0 Å². The second-order valence-electron chi connectivity index (χ2n) is 4.84. The highest BCUT2D eigenvalue weighted by Crippen LogP contribution is 2.40. The molecule has 7 N–H and O–H groups in total. The lowest BCUT2D eigenvalue weighted by Crippen LogP contribution is -2.04. The summed E-state index contributed by atoms with van der Waals surface area (Å²) in [6.45, 7) is 0. The zero-order chi connectivity index (χ0) is 16.9. The monoisotopic (exact) mass is 317 g/mol. The molecule has 0 radical (unpaired) electrons. The number of anilines is 1. The van der Waals surface area contributed by atoms with Gasteiger partial charge in [-0.2, -0.15) is 0 Å². The van der Waals surface area contributed by atoms with Crippen molar-refractivity contribution in [3.63, 3.8) is 0 Å². The molecule has 0 fully saturated rings. The van der Waals surface area contributed by atoms with Crippen LogP contribution in [-0.4, -0.2) is 25.5 Å². The third-order valence-electron chi connectivity index (χ3n) is 3.39. The first-order valence-electron chi connectivity index (χ1n) is 6.33. The number of rotatable bonds is 1. The number of aromatic hydroxyl groups is 5. The average molecular weight is 317 g/mol. The molecule has 3 aromatic rings. The highest BCUT2D eigenvalue weighted by Gasteiger charge is 2.21. The molecule has 1 aromatic heterocycles. The molecule has 0 saturated carbocycles. The fourth-order valence-corrected chi connectivity index (χ4v) is 2.19. The number of hydrogen-bond acceptors (Lipinski definition) is 8. The number of nitrogens with two attached hydrogens (primary N) is 1. The van der Waals surface area contributed by atoms with Crippen molar-refractivity contribution in [2.45, 2.75) is 0 Å². The van der Waals surface area contributed by atoms with E-state index in [1.165, 1.54) is 6.07 Å². The van der Waals surface area contributed by atoms with Crippen LogP contribution in [0.1, 0.15) is 0 Å². The van der Waals surface area contributed by atoms with Crippen molar-refractivity contribution in [3.05, 3.63) is 34.5 Å². The van der Waals surface area contributed by atoms with Gasteiger partial charge in [0.25, 0.3) is 0 Å². The van der Waals surface area contributed by atoms with Gasteiger partial charge in [-0.1, -0.05) is 0 Å². The summed E-state index contributed by atoms with van der Waals surface area (Å²) in [5.41, 5.74) is 3.95. The van der Waals surface area contributed by atoms with Crippen LogP contribution >= 0.6 is 0 Å². The maximum Gasteiger partial charge on any atom is 0.238 e. The van der Waals surface area contributed by atoms with Crippen molar-refractivity contribution in [2.75, 3.05) is 5.73 Å². The van der Waals surface area contributed by atoms with Crippen molar-refractivity contribution in [1.29, 1.82) is 0 Å².